The van der Waals surface area contributed by atoms with Gasteiger partial charge in [0.1, 0.15) is 11.4 Å². The summed E-state index contributed by atoms with van der Waals surface area (Å²) in [4.78, 5) is 12.1. The number of hydrogen-bond donors (Lipinski definition) is 0. The monoisotopic (exact) mass is 325 g/mol. The maximum Gasteiger partial charge on any atom is 0.418 e. The standard InChI is InChI=1S/C14H16BrNO3/c1-14(2,3)19-13(17)16-6-5-9-7-12(18-4)10(15)8-11(9)16/h5-8H,1-4H3. The third-order valence-electron chi connectivity index (χ3n) is 2.55. The van der Waals surface area contributed by atoms with Gasteiger partial charge in [-0.1, -0.05) is 0 Å². The van der Waals surface area contributed by atoms with E-state index in [-0.39, 0.29) is 6.09 Å². The number of carbonyl (C=O) groups is 1. The molecular formula is C14H16BrNO3. The molecule has 0 spiro atoms. The molecule has 102 valence electrons. The highest BCUT2D eigenvalue weighted by Gasteiger charge is 2.19. The molecule has 0 bridgehead atoms. The molecule has 0 aliphatic carbocycles. The summed E-state index contributed by atoms with van der Waals surface area (Å²) in [6, 6.07) is 5.58. The van der Waals surface area contributed by atoms with Gasteiger partial charge >= 0.3 is 6.09 Å². The van der Waals surface area contributed by atoms with Crippen LogP contribution < -0.4 is 4.74 Å². The number of ether oxygens (including phenoxy) is 2. The number of fused-ring (bicyclic) bond motifs is 1. The fourth-order valence-corrected chi connectivity index (χ4v) is 2.26. The van der Waals surface area contributed by atoms with Crippen molar-refractivity contribution in [1.29, 1.82) is 0 Å². The Morgan fingerprint density at radius 2 is 2.00 bits per heavy atom. The smallest absolute Gasteiger partial charge is 0.418 e. The molecule has 2 aromatic rings. The van der Waals surface area contributed by atoms with E-state index in [2.05, 4.69) is 15.9 Å². The number of hydrogen-bond acceptors (Lipinski definition) is 3. The van der Waals surface area contributed by atoms with E-state index in [1.54, 1.807) is 13.3 Å². The summed E-state index contributed by atoms with van der Waals surface area (Å²) in [5.74, 6) is 0.731. The molecule has 5 heteroatoms. The number of benzene rings is 1. The van der Waals surface area contributed by atoms with Gasteiger partial charge in [0.25, 0.3) is 0 Å². The number of methoxy groups -OCH3 is 1. The molecule has 0 aliphatic rings. The molecular weight excluding hydrogens is 310 g/mol. The maximum atomic E-state index is 12.1. The summed E-state index contributed by atoms with van der Waals surface area (Å²) in [6.07, 6.45) is 1.31. The number of nitrogens with zero attached hydrogens (tertiary/aromatic N) is 1. The lowest BCUT2D eigenvalue weighted by Crippen LogP contribution is -2.26. The lowest BCUT2D eigenvalue weighted by molar-refractivity contribution is 0.0544. The molecule has 0 fully saturated rings. The molecule has 0 amide bonds. The van der Waals surface area contributed by atoms with E-state index in [0.717, 1.165) is 21.1 Å². The van der Waals surface area contributed by atoms with Crippen molar-refractivity contribution in [3.8, 4) is 5.75 Å². The minimum Gasteiger partial charge on any atom is -0.496 e. The van der Waals surface area contributed by atoms with E-state index >= 15 is 0 Å². The minimum atomic E-state index is -0.516. The summed E-state index contributed by atoms with van der Waals surface area (Å²) in [5, 5.41) is 0.922. The Morgan fingerprint density at radius 3 is 2.58 bits per heavy atom. The molecule has 4 nitrogen and oxygen atoms in total. The molecule has 19 heavy (non-hydrogen) atoms. The number of halogens is 1. The first kappa shape index (κ1) is 13.9. The van der Waals surface area contributed by atoms with Gasteiger partial charge in [0.15, 0.2) is 0 Å². The lowest BCUT2D eigenvalue weighted by atomic mass is 10.2. The van der Waals surface area contributed by atoms with Crippen LogP contribution in [0.5, 0.6) is 5.75 Å². The number of aromatic nitrogens is 1. The van der Waals surface area contributed by atoms with Crippen LogP contribution in [0.2, 0.25) is 0 Å². The second kappa shape index (κ2) is 4.89. The van der Waals surface area contributed by atoms with E-state index in [1.165, 1.54) is 4.57 Å². The highest BCUT2D eigenvalue weighted by atomic mass is 79.9. The molecule has 0 saturated carbocycles. The Kier molecular flexibility index (Phi) is 3.58. The zero-order valence-corrected chi connectivity index (χ0v) is 12.9. The second-order valence-electron chi connectivity index (χ2n) is 5.21. The van der Waals surface area contributed by atoms with Gasteiger partial charge in [-0.2, -0.15) is 0 Å². The van der Waals surface area contributed by atoms with Gasteiger partial charge in [-0.25, -0.2) is 4.79 Å². The SMILES string of the molecule is COc1cc2ccn(C(=O)OC(C)(C)C)c2cc1Br. The zero-order valence-electron chi connectivity index (χ0n) is 11.4. The highest BCUT2D eigenvalue weighted by molar-refractivity contribution is 9.10. The highest BCUT2D eigenvalue weighted by Crippen LogP contribution is 2.31. The van der Waals surface area contributed by atoms with Gasteiger partial charge in [-0.3, -0.25) is 4.57 Å². The first-order valence-electron chi connectivity index (χ1n) is 5.90. The van der Waals surface area contributed by atoms with Crippen LogP contribution >= 0.6 is 15.9 Å². The van der Waals surface area contributed by atoms with Gasteiger partial charge in [0, 0.05) is 11.6 Å². The van der Waals surface area contributed by atoms with Crippen molar-refractivity contribution in [3.63, 3.8) is 0 Å². The maximum absolute atomic E-state index is 12.1. The van der Waals surface area contributed by atoms with Crippen LogP contribution in [0.4, 0.5) is 4.79 Å². The van der Waals surface area contributed by atoms with E-state index in [1.807, 2.05) is 39.0 Å². The van der Waals surface area contributed by atoms with Crippen molar-refractivity contribution in [1.82, 2.24) is 4.57 Å². The van der Waals surface area contributed by atoms with Gasteiger partial charge < -0.3 is 9.47 Å². The van der Waals surface area contributed by atoms with E-state index in [0.29, 0.717) is 0 Å². The van der Waals surface area contributed by atoms with Crippen LogP contribution in [0.3, 0.4) is 0 Å². The van der Waals surface area contributed by atoms with Crippen molar-refractivity contribution >= 4 is 32.9 Å². The third-order valence-corrected chi connectivity index (χ3v) is 3.17. The number of carbonyl (C=O) groups excluding carboxylic acids is 1. The van der Waals surface area contributed by atoms with Crippen molar-refractivity contribution in [2.45, 2.75) is 26.4 Å². The van der Waals surface area contributed by atoms with E-state index < -0.39 is 5.60 Å². The summed E-state index contributed by atoms with van der Waals surface area (Å²) in [7, 11) is 1.61. The fraction of sp³-hybridized carbons (Fsp3) is 0.357. The first-order valence-corrected chi connectivity index (χ1v) is 6.69. The quantitative estimate of drug-likeness (QED) is 0.789. The fourth-order valence-electron chi connectivity index (χ4n) is 1.76. The largest absolute Gasteiger partial charge is 0.496 e. The van der Waals surface area contributed by atoms with Gasteiger partial charge in [-0.15, -0.1) is 0 Å². The van der Waals surface area contributed by atoms with E-state index in [4.69, 9.17) is 9.47 Å². The summed E-state index contributed by atoms with van der Waals surface area (Å²) < 4.78 is 12.9. The average Bonchev–Trinajstić information content (AvgIpc) is 2.68. The van der Waals surface area contributed by atoms with Crippen molar-refractivity contribution < 1.29 is 14.3 Å². The average molecular weight is 326 g/mol. The second-order valence-corrected chi connectivity index (χ2v) is 6.07. The summed E-state index contributed by atoms with van der Waals surface area (Å²) in [5.41, 5.74) is 0.263. The van der Waals surface area contributed by atoms with Crippen LogP contribution in [-0.2, 0) is 4.74 Å². The molecule has 0 N–H and O–H groups in total. The summed E-state index contributed by atoms with van der Waals surface area (Å²) >= 11 is 3.42. The Morgan fingerprint density at radius 1 is 1.32 bits per heavy atom. The van der Waals surface area contributed by atoms with Gasteiger partial charge in [0.05, 0.1) is 17.1 Å². The molecule has 0 saturated heterocycles. The molecule has 2 rings (SSSR count). The molecule has 1 aromatic carbocycles. The molecule has 1 aromatic heterocycles. The van der Waals surface area contributed by atoms with Gasteiger partial charge in [0.2, 0.25) is 0 Å². The Bertz CT molecular complexity index is 625. The van der Waals surface area contributed by atoms with Crippen molar-refractivity contribution in [3.05, 3.63) is 28.9 Å². The molecule has 0 radical (unpaired) electrons. The topological polar surface area (TPSA) is 40.5 Å². The van der Waals surface area contributed by atoms with Crippen molar-refractivity contribution in [2.75, 3.05) is 7.11 Å². The van der Waals surface area contributed by atoms with Gasteiger partial charge in [-0.05, 0) is 54.9 Å². The Labute approximate surface area is 120 Å². The Balaban J connectivity index is 2.46. The van der Waals surface area contributed by atoms with Crippen LogP contribution in [0.1, 0.15) is 20.8 Å². The normalized spacial score (nSPS) is 11.6. The molecule has 0 atom stereocenters. The third kappa shape index (κ3) is 2.92. The predicted molar refractivity (Wildman–Crippen MR) is 77.8 cm³/mol. The van der Waals surface area contributed by atoms with E-state index in [9.17, 15) is 4.79 Å². The zero-order chi connectivity index (χ0) is 14.2. The van der Waals surface area contributed by atoms with Crippen LogP contribution in [0, 0.1) is 0 Å². The minimum absolute atomic E-state index is 0.389. The first-order chi connectivity index (χ1) is 8.81. The Hall–Kier alpha value is -1.49. The van der Waals surface area contributed by atoms with Crippen molar-refractivity contribution in [2.24, 2.45) is 0 Å². The lowest BCUT2D eigenvalue weighted by Gasteiger charge is -2.19. The molecule has 0 aliphatic heterocycles. The van der Waals surface area contributed by atoms with Crippen LogP contribution in [0.25, 0.3) is 10.9 Å². The molecule has 0 unspecified atom stereocenters. The predicted octanol–water partition coefficient (Wildman–Crippen LogP) is 4.20. The number of rotatable bonds is 1. The van der Waals surface area contributed by atoms with Crippen LogP contribution in [0.15, 0.2) is 28.9 Å². The summed E-state index contributed by atoms with van der Waals surface area (Å²) in [6.45, 7) is 5.53. The van der Waals surface area contributed by atoms with Crippen LogP contribution in [-0.4, -0.2) is 23.4 Å². The molecule has 1 heterocycles.